The molecule has 1 aromatic rings. The van der Waals surface area contributed by atoms with E-state index in [0.717, 1.165) is 49.8 Å². The van der Waals surface area contributed by atoms with Crippen LogP contribution in [0, 0.1) is 11.3 Å². The van der Waals surface area contributed by atoms with Crippen molar-refractivity contribution in [2.24, 2.45) is 0 Å². The molecule has 0 saturated heterocycles. The minimum absolute atomic E-state index is 0.0802. The van der Waals surface area contributed by atoms with Crippen molar-refractivity contribution >= 4 is 5.91 Å². The highest BCUT2D eigenvalue weighted by Gasteiger charge is 2.37. The van der Waals surface area contributed by atoms with Crippen LogP contribution in [0.25, 0.3) is 0 Å². The van der Waals surface area contributed by atoms with Crippen molar-refractivity contribution in [1.29, 1.82) is 5.26 Å². The van der Waals surface area contributed by atoms with Gasteiger partial charge in [-0.25, -0.2) is 0 Å². The second-order valence-corrected chi connectivity index (χ2v) is 6.00. The Labute approximate surface area is 125 Å². The average molecular weight is 284 g/mol. The number of rotatable bonds is 2. The number of amides is 1. The Morgan fingerprint density at radius 2 is 1.95 bits per heavy atom. The van der Waals surface area contributed by atoms with E-state index in [-0.39, 0.29) is 11.8 Å². The Morgan fingerprint density at radius 3 is 2.67 bits per heavy atom. The molecule has 4 nitrogen and oxygen atoms in total. The molecule has 3 rings (SSSR count). The number of nitrogens with zero attached hydrogens (tertiary/aromatic N) is 1. The van der Waals surface area contributed by atoms with Gasteiger partial charge in [0, 0.05) is 5.56 Å². The van der Waals surface area contributed by atoms with Crippen LogP contribution in [0.4, 0.5) is 0 Å². The van der Waals surface area contributed by atoms with Crippen LogP contribution >= 0.6 is 0 Å². The molecule has 1 amide bonds. The van der Waals surface area contributed by atoms with Gasteiger partial charge in [0.2, 0.25) is 5.91 Å². The molecule has 1 unspecified atom stereocenters. The third kappa shape index (κ3) is 2.73. The molecule has 0 spiro atoms. The third-order valence-electron chi connectivity index (χ3n) is 4.55. The van der Waals surface area contributed by atoms with E-state index < -0.39 is 5.54 Å². The summed E-state index contributed by atoms with van der Waals surface area (Å²) in [7, 11) is 0. The standard InChI is InChI=1S/C17H20N2O2/c18-12-17(9-5-1-2-6-10-17)19-16(20)14-11-21-15-8-4-3-7-13(14)15/h3-4,7-8,14H,1-2,5-6,9-11H2,(H,19,20). The van der Waals surface area contributed by atoms with E-state index in [2.05, 4.69) is 11.4 Å². The molecular weight excluding hydrogens is 264 g/mol. The summed E-state index contributed by atoms with van der Waals surface area (Å²) in [6.07, 6.45) is 5.81. The predicted octanol–water partition coefficient (Wildman–Crippen LogP) is 2.90. The van der Waals surface area contributed by atoms with E-state index in [0.29, 0.717) is 6.61 Å². The molecule has 4 heteroatoms. The molecular formula is C17H20N2O2. The number of nitriles is 1. The molecule has 21 heavy (non-hydrogen) atoms. The number of hydrogen-bond donors (Lipinski definition) is 1. The van der Waals surface area contributed by atoms with Gasteiger partial charge >= 0.3 is 0 Å². The summed E-state index contributed by atoms with van der Waals surface area (Å²) >= 11 is 0. The molecule has 1 aliphatic carbocycles. The lowest BCUT2D eigenvalue weighted by molar-refractivity contribution is -0.124. The van der Waals surface area contributed by atoms with Crippen LogP contribution in [0.5, 0.6) is 5.75 Å². The number of fused-ring (bicyclic) bond motifs is 1. The fraction of sp³-hybridized carbons (Fsp3) is 0.529. The molecule has 1 aliphatic heterocycles. The molecule has 2 aliphatic rings. The summed E-state index contributed by atoms with van der Waals surface area (Å²) in [5, 5.41) is 12.6. The van der Waals surface area contributed by atoms with Crippen molar-refractivity contribution in [2.75, 3.05) is 6.61 Å². The van der Waals surface area contributed by atoms with Gasteiger partial charge in [0.05, 0.1) is 6.07 Å². The molecule has 1 fully saturated rings. The minimum atomic E-state index is -0.689. The topological polar surface area (TPSA) is 62.1 Å². The number of carbonyl (C=O) groups is 1. The second-order valence-electron chi connectivity index (χ2n) is 6.00. The van der Waals surface area contributed by atoms with Gasteiger partial charge in [-0.3, -0.25) is 4.79 Å². The molecule has 0 radical (unpaired) electrons. The molecule has 1 saturated carbocycles. The lowest BCUT2D eigenvalue weighted by Gasteiger charge is -2.27. The zero-order valence-corrected chi connectivity index (χ0v) is 12.1. The van der Waals surface area contributed by atoms with Crippen LogP contribution in [-0.2, 0) is 4.79 Å². The minimum Gasteiger partial charge on any atom is -0.492 e. The van der Waals surface area contributed by atoms with Crippen LogP contribution in [-0.4, -0.2) is 18.1 Å². The Bertz CT molecular complexity index is 568. The lowest BCUT2D eigenvalue weighted by Crippen LogP contribution is -2.49. The summed E-state index contributed by atoms with van der Waals surface area (Å²) in [5.74, 6) is 0.405. The summed E-state index contributed by atoms with van der Waals surface area (Å²) in [6.45, 7) is 0.368. The van der Waals surface area contributed by atoms with E-state index in [1.165, 1.54) is 0 Å². The molecule has 110 valence electrons. The van der Waals surface area contributed by atoms with E-state index in [1.807, 2.05) is 24.3 Å². The monoisotopic (exact) mass is 284 g/mol. The Kier molecular flexibility index (Phi) is 3.83. The van der Waals surface area contributed by atoms with Crippen molar-refractivity contribution in [3.8, 4) is 11.8 Å². The van der Waals surface area contributed by atoms with Gasteiger partial charge in [-0.15, -0.1) is 0 Å². The maximum Gasteiger partial charge on any atom is 0.232 e. The zero-order valence-electron chi connectivity index (χ0n) is 12.1. The van der Waals surface area contributed by atoms with Crippen LogP contribution < -0.4 is 10.1 Å². The molecule has 1 aromatic carbocycles. The van der Waals surface area contributed by atoms with Gasteiger partial charge in [0.25, 0.3) is 0 Å². The number of nitrogens with one attached hydrogen (secondary N) is 1. The third-order valence-corrected chi connectivity index (χ3v) is 4.55. The largest absolute Gasteiger partial charge is 0.492 e. The van der Waals surface area contributed by atoms with Gasteiger partial charge in [-0.05, 0) is 18.9 Å². The first-order valence-corrected chi connectivity index (χ1v) is 7.69. The van der Waals surface area contributed by atoms with Crippen LogP contribution in [0.2, 0.25) is 0 Å². The smallest absolute Gasteiger partial charge is 0.232 e. The Hall–Kier alpha value is -2.02. The SMILES string of the molecule is N#CC1(NC(=O)C2COc3ccccc32)CCCCCC1. The summed E-state index contributed by atoms with van der Waals surface area (Å²) in [4.78, 5) is 12.6. The molecule has 0 bridgehead atoms. The first-order valence-electron chi connectivity index (χ1n) is 7.69. The first kappa shape index (κ1) is 13.9. The highest BCUT2D eigenvalue weighted by Crippen LogP contribution is 2.35. The molecule has 1 heterocycles. The number of carbonyl (C=O) groups excluding carboxylic acids is 1. The Balaban J connectivity index is 1.76. The first-order chi connectivity index (χ1) is 10.2. The van der Waals surface area contributed by atoms with E-state index >= 15 is 0 Å². The summed E-state index contributed by atoms with van der Waals surface area (Å²) < 4.78 is 5.57. The van der Waals surface area contributed by atoms with Gasteiger partial charge in [-0.1, -0.05) is 43.9 Å². The van der Waals surface area contributed by atoms with Gasteiger partial charge in [0.1, 0.15) is 23.8 Å². The van der Waals surface area contributed by atoms with Crippen molar-refractivity contribution in [3.63, 3.8) is 0 Å². The zero-order chi connectivity index (χ0) is 14.7. The number of para-hydroxylation sites is 1. The van der Waals surface area contributed by atoms with Gasteiger partial charge in [0.15, 0.2) is 0 Å². The maximum absolute atomic E-state index is 12.6. The highest BCUT2D eigenvalue weighted by molar-refractivity contribution is 5.86. The van der Waals surface area contributed by atoms with E-state index in [4.69, 9.17) is 4.74 Å². The van der Waals surface area contributed by atoms with Crippen LogP contribution in [0.3, 0.4) is 0 Å². The quantitative estimate of drug-likeness (QED) is 0.849. The van der Waals surface area contributed by atoms with Crippen LogP contribution in [0.1, 0.15) is 50.0 Å². The maximum atomic E-state index is 12.6. The van der Waals surface area contributed by atoms with Crippen molar-refractivity contribution in [3.05, 3.63) is 29.8 Å². The van der Waals surface area contributed by atoms with Crippen LogP contribution in [0.15, 0.2) is 24.3 Å². The van der Waals surface area contributed by atoms with Gasteiger partial charge < -0.3 is 10.1 Å². The van der Waals surface area contributed by atoms with E-state index in [1.54, 1.807) is 0 Å². The summed E-state index contributed by atoms with van der Waals surface area (Å²) in [5.41, 5.74) is 0.238. The highest BCUT2D eigenvalue weighted by atomic mass is 16.5. The van der Waals surface area contributed by atoms with Crippen molar-refractivity contribution < 1.29 is 9.53 Å². The van der Waals surface area contributed by atoms with E-state index in [9.17, 15) is 10.1 Å². The van der Waals surface area contributed by atoms with Crippen molar-refractivity contribution in [1.82, 2.24) is 5.32 Å². The number of hydrogen-bond acceptors (Lipinski definition) is 3. The van der Waals surface area contributed by atoms with Crippen molar-refractivity contribution in [2.45, 2.75) is 50.0 Å². The normalized spacial score (nSPS) is 23.3. The molecule has 1 atom stereocenters. The lowest BCUT2D eigenvalue weighted by atomic mass is 9.90. The van der Waals surface area contributed by atoms with Gasteiger partial charge in [-0.2, -0.15) is 5.26 Å². The Morgan fingerprint density at radius 1 is 1.24 bits per heavy atom. The fourth-order valence-electron chi connectivity index (χ4n) is 3.30. The molecule has 0 aromatic heterocycles. The average Bonchev–Trinajstić information content (AvgIpc) is 2.81. The fourth-order valence-corrected chi connectivity index (χ4v) is 3.30. The predicted molar refractivity (Wildman–Crippen MR) is 78.9 cm³/mol. The summed E-state index contributed by atoms with van der Waals surface area (Å²) in [6, 6.07) is 10.00. The number of benzene rings is 1. The number of ether oxygens (including phenoxy) is 1. The molecule has 1 N–H and O–H groups in total. The second kappa shape index (κ2) is 5.77.